The third-order valence-electron chi connectivity index (χ3n) is 5.37. The maximum absolute atomic E-state index is 13.3. The van der Waals surface area contributed by atoms with E-state index in [1.54, 1.807) is 31.2 Å². The Morgan fingerprint density at radius 2 is 1.71 bits per heavy atom. The first-order chi connectivity index (χ1) is 13.4. The Hall–Kier alpha value is -2.69. The van der Waals surface area contributed by atoms with Gasteiger partial charge in [0, 0.05) is 18.8 Å². The fourth-order valence-electron chi connectivity index (χ4n) is 3.61. The van der Waals surface area contributed by atoms with Gasteiger partial charge in [0.05, 0.1) is 22.8 Å². The van der Waals surface area contributed by atoms with Crippen molar-refractivity contribution >= 4 is 21.6 Å². The second-order valence-corrected chi connectivity index (χ2v) is 9.15. The minimum absolute atomic E-state index is 0.0583. The zero-order valence-corrected chi connectivity index (χ0v) is 16.6. The van der Waals surface area contributed by atoms with Gasteiger partial charge in [-0.15, -0.1) is 0 Å². The zero-order chi connectivity index (χ0) is 20.2. The predicted molar refractivity (Wildman–Crippen MR) is 108 cm³/mol. The van der Waals surface area contributed by atoms with Gasteiger partial charge >= 0.3 is 0 Å². The highest BCUT2D eigenvalue weighted by Crippen LogP contribution is 2.37. The van der Waals surface area contributed by atoms with Gasteiger partial charge < -0.3 is 5.32 Å². The second kappa shape index (κ2) is 8.13. The third kappa shape index (κ3) is 3.93. The van der Waals surface area contributed by atoms with Crippen LogP contribution >= 0.6 is 0 Å². The van der Waals surface area contributed by atoms with Crippen LogP contribution in [0.4, 0.5) is 5.69 Å². The Bertz CT molecular complexity index is 972. The molecule has 1 N–H and O–H groups in total. The average Bonchev–Trinajstić information content (AvgIpc) is 2.75. The first-order valence-corrected chi connectivity index (χ1v) is 10.9. The first-order valence-electron chi connectivity index (χ1n) is 9.26. The maximum atomic E-state index is 13.3. The van der Waals surface area contributed by atoms with E-state index in [0.29, 0.717) is 37.2 Å². The number of hydrogen-bond acceptors (Lipinski definition) is 4. The lowest BCUT2D eigenvalue weighted by molar-refractivity contribution is -0.123. The number of amides is 1. The normalized spacial score (nSPS) is 16.9. The van der Waals surface area contributed by atoms with Crippen molar-refractivity contribution in [2.45, 2.75) is 25.2 Å². The Labute approximate surface area is 165 Å². The minimum Gasteiger partial charge on any atom is -0.325 e. The van der Waals surface area contributed by atoms with Crippen molar-refractivity contribution in [1.29, 1.82) is 5.26 Å². The van der Waals surface area contributed by atoms with Gasteiger partial charge in [-0.25, -0.2) is 12.7 Å². The third-order valence-corrected chi connectivity index (χ3v) is 7.25. The molecule has 2 aromatic carbocycles. The summed E-state index contributed by atoms with van der Waals surface area (Å²) in [5, 5.41) is 11.9. The van der Waals surface area contributed by atoms with Crippen molar-refractivity contribution in [3.05, 3.63) is 65.7 Å². The van der Waals surface area contributed by atoms with Crippen LogP contribution in [-0.2, 0) is 20.2 Å². The molecule has 0 unspecified atom stereocenters. The van der Waals surface area contributed by atoms with Crippen LogP contribution in [0.5, 0.6) is 0 Å². The summed E-state index contributed by atoms with van der Waals surface area (Å²) in [4.78, 5) is 13.3. The lowest BCUT2D eigenvalue weighted by Gasteiger charge is -2.40. The molecule has 0 atom stereocenters. The molecule has 0 saturated carbocycles. The number of hydrogen-bond donors (Lipinski definition) is 1. The van der Waals surface area contributed by atoms with Crippen molar-refractivity contribution in [2.24, 2.45) is 0 Å². The van der Waals surface area contributed by atoms with Crippen LogP contribution in [-0.4, -0.2) is 37.5 Å². The van der Waals surface area contributed by atoms with E-state index < -0.39 is 15.4 Å². The topological polar surface area (TPSA) is 90.3 Å². The molecule has 3 rings (SSSR count). The van der Waals surface area contributed by atoms with Crippen LogP contribution < -0.4 is 5.32 Å². The number of carbonyl (C=O) groups is 1. The number of nitriles is 1. The molecule has 1 aliphatic rings. The zero-order valence-electron chi connectivity index (χ0n) is 15.8. The number of carbonyl (C=O) groups excluding carboxylic acids is 1. The van der Waals surface area contributed by atoms with E-state index >= 15 is 0 Å². The summed E-state index contributed by atoms with van der Waals surface area (Å²) in [5.74, 6) is -0.0973. The summed E-state index contributed by atoms with van der Waals surface area (Å²) in [5.41, 5.74) is 1.22. The molecule has 7 heteroatoms. The van der Waals surface area contributed by atoms with Gasteiger partial charge in [0.25, 0.3) is 0 Å². The fourth-order valence-corrected chi connectivity index (χ4v) is 4.72. The summed E-state index contributed by atoms with van der Waals surface area (Å²) >= 11 is 0. The van der Waals surface area contributed by atoms with Crippen molar-refractivity contribution in [2.75, 3.05) is 24.2 Å². The largest absolute Gasteiger partial charge is 0.325 e. The van der Waals surface area contributed by atoms with Crippen molar-refractivity contribution in [1.82, 2.24) is 4.31 Å². The van der Waals surface area contributed by atoms with Crippen molar-refractivity contribution in [3.8, 4) is 6.07 Å². The average molecular weight is 398 g/mol. The van der Waals surface area contributed by atoms with E-state index in [2.05, 4.69) is 11.4 Å². The molecular formula is C21H23N3O3S. The summed E-state index contributed by atoms with van der Waals surface area (Å²) in [6, 6.07) is 18.3. The molecule has 1 heterocycles. The molecular weight excluding hydrogens is 374 g/mol. The summed E-state index contributed by atoms with van der Waals surface area (Å²) in [6.07, 6.45) is 0.830. The highest BCUT2D eigenvalue weighted by atomic mass is 32.2. The fraction of sp³-hybridized carbons (Fsp3) is 0.333. The monoisotopic (exact) mass is 397 g/mol. The first kappa shape index (κ1) is 20.1. The Kier molecular flexibility index (Phi) is 5.82. The number of sulfonamides is 1. The van der Waals surface area contributed by atoms with E-state index in [9.17, 15) is 13.2 Å². The molecule has 1 aliphatic heterocycles. The number of nitrogens with zero attached hydrogens (tertiary/aromatic N) is 2. The highest BCUT2D eigenvalue weighted by molar-refractivity contribution is 7.89. The van der Waals surface area contributed by atoms with E-state index in [-0.39, 0.29) is 11.7 Å². The van der Waals surface area contributed by atoms with Crippen LogP contribution in [0.2, 0.25) is 0 Å². The molecule has 1 saturated heterocycles. The Morgan fingerprint density at radius 1 is 1.11 bits per heavy atom. The molecule has 28 heavy (non-hydrogen) atoms. The molecule has 1 fully saturated rings. The second-order valence-electron chi connectivity index (χ2n) is 6.89. The lowest BCUT2D eigenvalue weighted by Crippen LogP contribution is -2.51. The van der Waals surface area contributed by atoms with Crippen molar-refractivity contribution < 1.29 is 13.2 Å². The smallest absolute Gasteiger partial charge is 0.235 e. The van der Waals surface area contributed by atoms with Crippen LogP contribution in [0.3, 0.4) is 0 Å². The van der Waals surface area contributed by atoms with Gasteiger partial charge in [-0.1, -0.05) is 30.3 Å². The predicted octanol–water partition coefficient (Wildman–Crippen LogP) is 2.88. The number of benzene rings is 2. The molecule has 0 radical (unpaired) electrons. The van der Waals surface area contributed by atoms with Gasteiger partial charge in [-0.3, -0.25) is 4.79 Å². The van der Waals surface area contributed by atoms with Crippen LogP contribution in [0.15, 0.2) is 54.6 Å². The van der Waals surface area contributed by atoms with Gasteiger partial charge in [0.15, 0.2) is 0 Å². The van der Waals surface area contributed by atoms with Gasteiger partial charge in [-0.05, 0) is 49.6 Å². The maximum Gasteiger partial charge on any atom is 0.235 e. The molecule has 0 aliphatic carbocycles. The summed E-state index contributed by atoms with van der Waals surface area (Å²) in [7, 11) is -3.27. The number of nitrogens with one attached hydrogen (secondary N) is 1. The number of rotatable bonds is 5. The van der Waals surface area contributed by atoms with E-state index in [0.717, 1.165) is 5.56 Å². The molecule has 0 bridgehead atoms. The number of piperidine rings is 1. The van der Waals surface area contributed by atoms with E-state index in [1.807, 2.05) is 30.3 Å². The molecule has 0 aromatic heterocycles. The standard InChI is InChI=1S/C21H23N3O3S/c1-2-28(26,27)24-14-12-21(13-15-24,18-6-4-3-5-7-18)20(25)23-19-10-8-17(16-22)9-11-19/h3-11H,2,12-15H2,1H3,(H,23,25). The molecule has 0 spiro atoms. The van der Waals surface area contributed by atoms with E-state index in [1.165, 1.54) is 4.31 Å². The SMILES string of the molecule is CCS(=O)(=O)N1CCC(C(=O)Nc2ccc(C#N)cc2)(c2ccccc2)CC1. The van der Waals surface area contributed by atoms with E-state index in [4.69, 9.17) is 5.26 Å². The molecule has 2 aromatic rings. The van der Waals surface area contributed by atoms with Crippen LogP contribution in [0.25, 0.3) is 0 Å². The lowest BCUT2D eigenvalue weighted by atomic mass is 9.72. The highest BCUT2D eigenvalue weighted by Gasteiger charge is 2.44. The van der Waals surface area contributed by atoms with Crippen molar-refractivity contribution in [3.63, 3.8) is 0 Å². The van der Waals surface area contributed by atoms with Gasteiger partial charge in [0.2, 0.25) is 15.9 Å². The summed E-state index contributed by atoms with van der Waals surface area (Å²) in [6.45, 7) is 2.25. The van der Waals surface area contributed by atoms with Crippen LogP contribution in [0, 0.1) is 11.3 Å². The summed E-state index contributed by atoms with van der Waals surface area (Å²) < 4.78 is 25.9. The van der Waals surface area contributed by atoms with Crippen LogP contribution in [0.1, 0.15) is 30.9 Å². The molecule has 1 amide bonds. The van der Waals surface area contributed by atoms with Gasteiger partial charge in [0.1, 0.15) is 0 Å². The van der Waals surface area contributed by atoms with Gasteiger partial charge in [-0.2, -0.15) is 5.26 Å². The minimum atomic E-state index is -3.27. The molecule has 146 valence electrons. The molecule has 6 nitrogen and oxygen atoms in total. The Morgan fingerprint density at radius 3 is 2.25 bits per heavy atom. The number of anilines is 1. The Balaban J connectivity index is 1.88. The quantitative estimate of drug-likeness (QED) is 0.840.